The zero-order valence-electron chi connectivity index (χ0n) is 9.38. The van der Waals surface area contributed by atoms with E-state index in [-0.39, 0.29) is 0 Å². The Morgan fingerprint density at radius 3 is 2.94 bits per heavy atom. The Bertz CT molecular complexity index is 602. The zero-order valence-corrected chi connectivity index (χ0v) is 9.38. The van der Waals surface area contributed by atoms with Crippen molar-refractivity contribution < 1.29 is 9.90 Å². The van der Waals surface area contributed by atoms with Crippen LogP contribution in [0.1, 0.15) is 11.4 Å². The second-order valence-corrected chi connectivity index (χ2v) is 3.35. The van der Waals surface area contributed by atoms with Crippen molar-refractivity contribution in [2.45, 2.75) is 6.92 Å². The van der Waals surface area contributed by atoms with Crippen LogP contribution in [0.2, 0.25) is 0 Å². The molecule has 0 aliphatic carbocycles. The van der Waals surface area contributed by atoms with Gasteiger partial charge < -0.3 is 10.4 Å². The zero-order chi connectivity index (χ0) is 12.4. The number of aromatic nitrogens is 4. The van der Waals surface area contributed by atoms with Crippen LogP contribution in [0.4, 0.5) is 5.95 Å². The maximum Gasteiger partial charge on any atom is 0.328 e. The number of carboxylic acids is 1. The number of hydrogen-bond acceptors (Lipinski definition) is 5. The molecule has 0 saturated heterocycles. The minimum absolute atomic E-state index is 0.558. The summed E-state index contributed by atoms with van der Waals surface area (Å²) in [6.07, 6.45) is 4.05. The number of nitrogens with zero attached hydrogens (tertiary/aromatic N) is 4. The summed E-state index contributed by atoms with van der Waals surface area (Å²) in [5, 5.41) is 15.6. The number of fused-ring (bicyclic) bond motifs is 1. The predicted octanol–water partition coefficient (Wildman–Crippen LogP) is 0.572. The quantitative estimate of drug-likeness (QED) is 0.753. The lowest BCUT2D eigenvalue weighted by atomic mass is 10.3. The number of nitrogens with one attached hydrogen (secondary N) is 1. The fourth-order valence-electron chi connectivity index (χ4n) is 1.44. The highest BCUT2D eigenvalue weighted by Gasteiger charge is 2.08. The Morgan fingerprint density at radius 2 is 2.29 bits per heavy atom. The summed E-state index contributed by atoms with van der Waals surface area (Å²) in [7, 11) is 1.73. The van der Waals surface area contributed by atoms with Gasteiger partial charge in [0.05, 0.1) is 6.20 Å². The molecule has 0 unspecified atom stereocenters. The van der Waals surface area contributed by atoms with Gasteiger partial charge in [-0.2, -0.15) is 14.6 Å². The summed E-state index contributed by atoms with van der Waals surface area (Å²) in [6, 6.07) is 0. The Balaban J connectivity index is 2.60. The van der Waals surface area contributed by atoms with Gasteiger partial charge in [0.15, 0.2) is 5.65 Å². The maximum atomic E-state index is 10.5. The first kappa shape index (κ1) is 11.1. The summed E-state index contributed by atoms with van der Waals surface area (Å²) in [5.74, 6) is 0.138. The van der Waals surface area contributed by atoms with E-state index in [4.69, 9.17) is 5.11 Å². The highest BCUT2D eigenvalue weighted by atomic mass is 16.4. The van der Waals surface area contributed by atoms with Crippen molar-refractivity contribution in [2.24, 2.45) is 0 Å². The molecule has 7 nitrogen and oxygen atoms in total. The molecule has 0 radical (unpaired) electrons. The van der Waals surface area contributed by atoms with Crippen molar-refractivity contribution in [2.75, 3.05) is 12.4 Å². The molecular formula is C10H11N5O2. The number of carbonyl (C=O) groups is 1. The van der Waals surface area contributed by atoms with E-state index in [1.807, 2.05) is 0 Å². The number of aliphatic carboxylic acids is 1. The van der Waals surface area contributed by atoms with E-state index in [1.54, 1.807) is 20.2 Å². The van der Waals surface area contributed by atoms with Gasteiger partial charge in [0, 0.05) is 18.7 Å². The van der Waals surface area contributed by atoms with Crippen LogP contribution in [0.25, 0.3) is 11.7 Å². The summed E-state index contributed by atoms with van der Waals surface area (Å²) < 4.78 is 1.52. The van der Waals surface area contributed by atoms with Gasteiger partial charge >= 0.3 is 5.97 Å². The van der Waals surface area contributed by atoms with Gasteiger partial charge in [0.1, 0.15) is 5.82 Å². The van der Waals surface area contributed by atoms with Gasteiger partial charge in [0.25, 0.3) is 0 Å². The standard InChI is InChI=1S/C10H11N5O2/c1-6-13-9-7(3-4-8(16)17)5-12-15(9)10(11-2)14-6/h3-5H,1-2H3,(H,16,17)(H,11,13,14)/b4-3+. The lowest BCUT2D eigenvalue weighted by Crippen LogP contribution is -2.05. The van der Waals surface area contributed by atoms with Crippen molar-refractivity contribution >= 4 is 23.6 Å². The molecule has 0 aliphatic rings. The predicted molar refractivity (Wildman–Crippen MR) is 61.7 cm³/mol. The summed E-state index contributed by atoms with van der Waals surface area (Å²) in [6.45, 7) is 1.76. The number of anilines is 1. The van der Waals surface area contributed by atoms with E-state index >= 15 is 0 Å². The van der Waals surface area contributed by atoms with E-state index in [1.165, 1.54) is 10.6 Å². The summed E-state index contributed by atoms with van der Waals surface area (Å²) in [4.78, 5) is 18.9. The molecule has 0 amide bonds. The van der Waals surface area contributed by atoms with Gasteiger partial charge in [0.2, 0.25) is 5.95 Å². The molecule has 17 heavy (non-hydrogen) atoms. The van der Waals surface area contributed by atoms with E-state index in [9.17, 15) is 4.79 Å². The Morgan fingerprint density at radius 1 is 1.53 bits per heavy atom. The highest BCUT2D eigenvalue weighted by molar-refractivity contribution is 5.86. The molecule has 2 rings (SSSR count). The SMILES string of the molecule is CNc1nc(C)nc2c(/C=C/C(=O)O)cnn12. The van der Waals surface area contributed by atoms with Crippen LogP contribution in [0.3, 0.4) is 0 Å². The molecule has 0 saturated carbocycles. The molecule has 0 spiro atoms. The molecule has 0 aliphatic heterocycles. The first-order valence-corrected chi connectivity index (χ1v) is 4.93. The fourth-order valence-corrected chi connectivity index (χ4v) is 1.44. The largest absolute Gasteiger partial charge is 0.478 e. The average molecular weight is 233 g/mol. The van der Waals surface area contributed by atoms with Gasteiger partial charge in [-0.05, 0) is 13.0 Å². The van der Waals surface area contributed by atoms with Crippen molar-refractivity contribution in [3.8, 4) is 0 Å². The van der Waals surface area contributed by atoms with Crippen molar-refractivity contribution in [1.82, 2.24) is 19.6 Å². The number of aryl methyl sites for hydroxylation is 1. The molecule has 0 bridgehead atoms. The number of hydrogen-bond donors (Lipinski definition) is 2. The Hall–Kier alpha value is -2.44. The third-order valence-corrected chi connectivity index (χ3v) is 2.14. The van der Waals surface area contributed by atoms with Crippen molar-refractivity contribution in [3.63, 3.8) is 0 Å². The molecule has 2 heterocycles. The van der Waals surface area contributed by atoms with Crippen LogP contribution in [0, 0.1) is 6.92 Å². The molecule has 88 valence electrons. The average Bonchev–Trinajstić information content (AvgIpc) is 2.68. The molecule has 7 heteroatoms. The normalized spacial score (nSPS) is 11.2. The van der Waals surface area contributed by atoms with Crippen molar-refractivity contribution in [1.29, 1.82) is 0 Å². The summed E-state index contributed by atoms with van der Waals surface area (Å²) in [5.41, 5.74) is 1.20. The van der Waals surface area contributed by atoms with Crippen LogP contribution < -0.4 is 5.32 Å². The molecular weight excluding hydrogens is 222 g/mol. The number of rotatable bonds is 3. The maximum absolute atomic E-state index is 10.5. The van der Waals surface area contributed by atoms with Crippen LogP contribution in [0.15, 0.2) is 12.3 Å². The minimum Gasteiger partial charge on any atom is -0.478 e. The van der Waals surface area contributed by atoms with Crippen LogP contribution >= 0.6 is 0 Å². The van der Waals surface area contributed by atoms with Gasteiger partial charge in [-0.25, -0.2) is 9.78 Å². The van der Waals surface area contributed by atoms with Crippen LogP contribution in [-0.4, -0.2) is 37.7 Å². The van der Waals surface area contributed by atoms with Crippen LogP contribution in [0.5, 0.6) is 0 Å². The first-order chi connectivity index (χ1) is 8.11. The smallest absolute Gasteiger partial charge is 0.328 e. The van der Waals surface area contributed by atoms with E-state index in [2.05, 4.69) is 20.4 Å². The monoisotopic (exact) mass is 233 g/mol. The van der Waals surface area contributed by atoms with Gasteiger partial charge in [-0.1, -0.05) is 0 Å². The van der Waals surface area contributed by atoms with E-state index in [0.717, 1.165) is 6.08 Å². The Labute approximate surface area is 96.8 Å². The number of carboxylic acid groups (broad SMARTS) is 1. The third-order valence-electron chi connectivity index (χ3n) is 2.14. The lowest BCUT2D eigenvalue weighted by Gasteiger charge is -2.03. The molecule has 2 aromatic rings. The molecule has 2 N–H and O–H groups in total. The third kappa shape index (κ3) is 2.07. The lowest BCUT2D eigenvalue weighted by molar-refractivity contribution is -0.131. The first-order valence-electron chi connectivity index (χ1n) is 4.93. The molecule has 0 aromatic carbocycles. The second kappa shape index (κ2) is 4.20. The molecule has 0 atom stereocenters. The highest BCUT2D eigenvalue weighted by Crippen LogP contribution is 2.13. The van der Waals surface area contributed by atoms with Gasteiger partial charge in [-0.15, -0.1) is 0 Å². The summed E-state index contributed by atoms with van der Waals surface area (Å²) >= 11 is 0. The second-order valence-electron chi connectivity index (χ2n) is 3.35. The topological polar surface area (TPSA) is 92.4 Å². The Kier molecular flexibility index (Phi) is 2.73. The van der Waals surface area contributed by atoms with E-state index in [0.29, 0.717) is 23.0 Å². The minimum atomic E-state index is -1.01. The fraction of sp³-hybridized carbons (Fsp3) is 0.200. The van der Waals surface area contributed by atoms with Crippen molar-refractivity contribution in [3.05, 3.63) is 23.7 Å². The van der Waals surface area contributed by atoms with E-state index < -0.39 is 5.97 Å². The van der Waals surface area contributed by atoms with Gasteiger partial charge in [-0.3, -0.25) is 0 Å². The molecule has 2 aromatic heterocycles. The van der Waals surface area contributed by atoms with Crippen LogP contribution in [-0.2, 0) is 4.79 Å². The molecule has 0 fully saturated rings.